The van der Waals surface area contributed by atoms with Crippen molar-refractivity contribution in [2.75, 3.05) is 13.2 Å². The van der Waals surface area contributed by atoms with Crippen LogP contribution >= 0.6 is 0 Å². The second-order valence-electron chi connectivity index (χ2n) is 17.4. The number of esters is 1. The molecule has 0 bridgehead atoms. The van der Waals surface area contributed by atoms with Gasteiger partial charge in [-0.2, -0.15) is 0 Å². The van der Waals surface area contributed by atoms with Gasteiger partial charge in [-0.05, 0) is 134 Å². The van der Waals surface area contributed by atoms with Crippen LogP contribution in [0.4, 0.5) is 0 Å². The van der Waals surface area contributed by atoms with Crippen molar-refractivity contribution in [1.29, 1.82) is 0 Å². The van der Waals surface area contributed by atoms with E-state index in [1.165, 1.54) is 24.6 Å². The van der Waals surface area contributed by atoms with E-state index in [9.17, 15) is 25.2 Å². The third kappa shape index (κ3) is 4.99. The van der Waals surface area contributed by atoms with Crippen LogP contribution in [0.3, 0.4) is 0 Å². The Labute approximate surface area is 270 Å². The lowest BCUT2D eigenvalue weighted by Gasteiger charge is -2.71. The van der Waals surface area contributed by atoms with E-state index < -0.39 is 11.6 Å². The van der Waals surface area contributed by atoms with Crippen molar-refractivity contribution in [3.05, 3.63) is 41.5 Å². The SMILES string of the molecule is CC1(C)CC[C@]2(CO)CC[C@]3(C)C(=CCC4[C@@]5(C)CCC(COC(=O)/C=C/c6ccc(O)c(O)c6)[C@@](C)(O)C5CC[C@]43C)C2C1. The number of rotatable bonds is 5. The van der Waals surface area contributed by atoms with Gasteiger partial charge in [0.25, 0.3) is 0 Å². The number of phenolic OH excluding ortho intramolecular Hbond substituents is 2. The number of hydrogen-bond acceptors (Lipinski definition) is 6. The van der Waals surface area contributed by atoms with Crippen LogP contribution in [0, 0.1) is 50.7 Å². The third-order valence-corrected chi connectivity index (χ3v) is 14.8. The van der Waals surface area contributed by atoms with E-state index in [0.717, 1.165) is 57.8 Å². The van der Waals surface area contributed by atoms with E-state index in [0.29, 0.717) is 29.4 Å². The minimum atomic E-state index is -0.946. The summed E-state index contributed by atoms with van der Waals surface area (Å²) in [4.78, 5) is 12.6. The van der Waals surface area contributed by atoms with Crippen molar-refractivity contribution in [1.82, 2.24) is 0 Å². The van der Waals surface area contributed by atoms with Crippen LogP contribution in [0.15, 0.2) is 35.9 Å². The standard InChI is InChI=1S/C39H56O6/c1-34(2)17-19-39(24-40)20-18-36(4)27(28(39)22-34)9-11-31-35(3)15-13-26(38(6,44)32(35)14-16-37(31,36)5)23-45-33(43)12-8-25-7-10-29(41)30(42)21-25/h7-10,12,21,26,28,31-32,40-42,44H,11,13-20,22-24H2,1-6H3/b12-8+/t26?,28?,31?,32?,35-,36-,37-,38-,39-/m1/s1. The molecule has 0 spiro atoms. The maximum Gasteiger partial charge on any atom is 0.330 e. The first-order valence-corrected chi connectivity index (χ1v) is 17.4. The van der Waals surface area contributed by atoms with Gasteiger partial charge >= 0.3 is 5.97 Å². The summed E-state index contributed by atoms with van der Waals surface area (Å²) in [6, 6.07) is 4.37. The Hall–Kier alpha value is -2.31. The molecule has 5 aliphatic carbocycles. The van der Waals surface area contributed by atoms with Crippen molar-refractivity contribution in [3.63, 3.8) is 0 Å². The molecule has 9 atom stereocenters. The minimum Gasteiger partial charge on any atom is -0.504 e. The highest BCUT2D eigenvalue weighted by Crippen LogP contribution is 2.75. The first-order valence-electron chi connectivity index (χ1n) is 17.4. The van der Waals surface area contributed by atoms with Crippen molar-refractivity contribution >= 4 is 12.0 Å². The van der Waals surface area contributed by atoms with Crippen LogP contribution in [-0.2, 0) is 9.53 Å². The van der Waals surface area contributed by atoms with Gasteiger partial charge in [-0.1, -0.05) is 52.3 Å². The van der Waals surface area contributed by atoms with Crippen LogP contribution in [0.5, 0.6) is 11.5 Å². The molecule has 6 nitrogen and oxygen atoms in total. The lowest BCUT2D eigenvalue weighted by molar-refractivity contribution is -0.226. The van der Waals surface area contributed by atoms with Gasteiger partial charge in [0.1, 0.15) is 0 Å². The van der Waals surface area contributed by atoms with Gasteiger partial charge in [-0.25, -0.2) is 4.79 Å². The molecular formula is C39H56O6. The molecule has 4 saturated carbocycles. The Kier molecular flexibility index (Phi) is 7.88. The molecule has 1 aromatic rings. The van der Waals surface area contributed by atoms with E-state index in [1.807, 2.05) is 6.92 Å². The first kappa shape index (κ1) is 32.6. The van der Waals surface area contributed by atoms with Crippen LogP contribution in [0.25, 0.3) is 6.08 Å². The molecule has 4 unspecified atom stereocenters. The number of aliphatic hydroxyl groups is 2. The Balaban J connectivity index is 1.20. The van der Waals surface area contributed by atoms with Crippen molar-refractivity contribution in [3.8, 4) is 11.5 Å². The van der Waals surface area contributed by atoms with Crippen LogP contribution in [-0.4, -0.2) is 45.2 Å². The van der Waals surface area contributed by atoms with Crippen molar-refractivity contribution in [2.45, 2.75) is 111 Å². The summed E-state index contributed by atoms with van der Waals surface area (Å²) in [5.74, 6) is -0.0191. The summed E-state index contributed by atoms with van der Waals surface area (Å²) in [5, 5.41) is 42.2. The Morgan fingerprint density at radius 2 is 1.67 bits per heavy atom. The average Bonchev–Trinajstić information content (AvgIpc) is 2.97. The van der Waals surface area contributed by atoms with Gasteiger partial charge in [0.15, 0.2) is 11.5 Å². The number of fused-ring (bicyclic) bond motifs is 7. The second kappa shape index (κ2) is 10.9. The number of hydrogen-bond donors (Lipinski definition) is 4. The smallest absolute Gasteiger partial charge is 0.330 e. The lowest BCUT2D eigenvalue weighted by atomic mass is 9.34. The molecule has 0 amide bonds. The molecule has 0 aromatic heterocycles. The Morgan fingerprint density at radius 1 is 0.933 bits per heavy atom. The topological polar surface area (TPSA) is 107 Å². The van der Waals surface area contributed by atoms with Crippen molar-refractivity contribution in [2.24, 2.45) is 50.7 Å². The fourth-order valence-electron chi connectivity index (χ4n) is 11.7. The van der Waals surface area contributed by atoms with Gasteiger partial charge in [-0.3, -0.25) is 0 Å². The maximum absolute atomic E-state index is 12.6. The number of carbonyl (C=O) groups is 1. The molecule has 6 rings (SSSR count). The Bertz CT molecular complexity index is 1390. The van der Waals surface area contributed by atoms with Gasteiger partial charge in [0, 0.05) is 24.0 Å². The number of ether oxygens (including phenoxy) is 1. The highest BCUT2D eigenvalue weighted by Gasteiger charge is 2.68. The molecule has 0 radical (unpaired) electrons. The van der Waals surface area contributed by atoms with Crippen LogP contribution in [0.2, 0.25) is 0 Å². The molecule has 45 heavy (non-hydrogen) atoms. The molecular weight excluding hydrogens is 564 g/mol. The first-order chi connectivity index (χ1) is 21.0. The zero-order valence-electron chi connectivity index (χ0n) is 28.4. The van der Waals surface area contributed by atoms with Crippen LogP contribution < -0.4 is 0 Å². The summed E-state index contributed by atoms with van der Waals surface area (Å²) in [5.41, 5.74) is 1.82. The largest absolute Gasteiger partial charge is 0.504 e. The molecule has 4 fully saturated rings. The second-order valence-corrected chi connectivity index (χ2v) is 17.4. The quantitative estimate of drug-likeness (QED) is 0.116. The lowest BCUT2D eigenvalue weighted by Crippen LogP contribution is -2.66. The van der Waals surface area contributed by atoms with Crippen LogP contribution in [0.1, 0.15) is 111 Å². The molecule has 5 aliphatic rings. The van der Waals surface area contributed by atoms with E-state index in [-0.39, 0.29) is 51.6 Å². The average molecular weight is 621 g/mol. The molecule has 248 valence electrons. The molecule has 6 heteroatoms. The van der Waals surface area contributed by atoms with E-state index in [2.05, 4.69) is 40.7 Å². The van der Waals surface area contributed by atoms with E-state index in [4.69, 9.17) is 4.74 Å². The normalized spacial score (nSPS) is 43.8. The molecule has 1 aromatic carbocycles. The predicted molar refractivity (Wildman–Crippen MR) is 176 cm³/mol. The highest BCUT2D eigenvalue weighted by molar-refractivity contribution is 5.87. The fraction of sp³-hybridized carbons (Fsp3) is 0.718. The van der Waals surface area contributed by atoms with Gasteiger partial charge in [-0.15, -0.1) is 0 Å². The van der Waals surface area contributed by atoms with Gasteiger partial charge < -0.3 is 25.2 Å². The monoisotopic (exact) mass is 620 g/mol. The number of aliphatic hydroxyl groups excluding tert-OH is 1. The highest BCUT2D eigenvalue weighted by atomic mass is 16.5. The summed E-state index contributed by atoms with van der Waals surface area (Å²) in [6.45, 7) is 14.8. The zero-order chi connectivity index (χ0) is 32.6. The number of phenols is 2. The van der Waals surface area contributed by atoms with Gasteiger partial charge in [0.2, 0.25) is 0 Å². The summed E-state index contributed by atoms with van der Waals surface area (Å²) >= 11 is 0. The third-order valence-electron chi connectivity index (χ3n) is 14.8. The van der Waals surface area contributed by atoms with E-state index in [1.54, 1.807) is 17.7 Å². The predicted octanol–water partition coefficient (Wildman–Crippen LogP) is 7.79. The van der Waals surface area contributed by atoms with Crippen molar-refractivity contribution < 1.29 is 30.0 Å². The number of benzene rings is 1. The zero-order valence-corrected chi connectivity index (χ0v) is 28.4. The minimum absolute atomic E-state index is 0.0137. The molecule has 4 N–H and O–H groups in total. The van der Waals surface area contributed by atoms with Gasteiger partial charge in [0.05, 0.1) is 12.2 Å². The summed E-state index contributed by atoms with van der Waals surface area (Å²) < 4.78 is 5.68. The number of allylic oxidation sites excluding steroid dienone is 2. The fourth-order valence-corrected chi connectivity index (χ4v) is 11.7. The molecule has 0 aliphatic heterocycles. The number of aromatic hydroxyl groups is 2. The number of carbonyl (C=O) groups excluding carboxylic acids is 1. The Morgan fingerprint density at radius 3 is 2.38 bits per heavy atom. The van der Waals surface area contributed by atoms with E-state index >= 15 is 0 Å². The molecule has 0 saturated heterocycles. The molecule has 0 heterocycles. The summed E-state index contributed by atoms with van der Waals surface area (Å²) in [6.07, 6.45) is 16.1. The maximum atomic E-state index is 12.6. The summed E-state index contributed by atoms with van der Waals surface area (Å²) in [7, 11) is 0.